The van der Waals surface area contributed by atoms with E-state index in [-0.39, 0.29) is 11.7 Å². The lowest BCUT2D eigenvalue weighted by Gasteiger charge is -2.17. The highest BCUT2D eigenvalue weighted by atomic mass is 19.1. The Morgan fingerprint density at radius 1 is 0.978 bits per heavy atom. The normalized spacial score (nSPS) is 13.9. The molecule has 0 radical (unpaired) electrons. The Hall–Kier alpha value is -5.16. The highest BCUT2D eigenvalue weighted by molar-refractivity contribution is 6.00. The molecule has 234 valence electrons. The maximum Gasteiger partial charge on any atom is 0.229 e. The summed E-state index contributed by atoms with van der Waals surface area (Å²) in [7, 11) is 0. The van der Waals surface area contributed by atoms with Crippen LogP contribution in [-0.2, 0) is 4.79 Å². The number of benzene rings is 1. The third-order valence-corrected chi connectivity index (χ3v) is 8.28. The molecule has 1 amide bonds. The molecule has 0 bridgehead atoms. The number of H-pyrrole nitrogens is 2. The highest BCUT2D eigenvalue weighted by Crippen LogP contribution is 2.35. The smallest absolute Gasteiger partial charge is 0.229 e. The number of nitrogens with zero attached hydrogens (tertiary/aromatic N) is 5. The first kappa shape index (κ1) is 29.5. The number of nitrogens with one attached hydrogen (secondary N) is 3. The van der Waals surface area contributed by atoms with Gasteiger partial charge in [0.1, 0.15) is 23.8 Å². The predicted octanol–water partition coefficient (Wildman–Crippen LogP) is 6.83. The minimum Gasteiger partial charge on any atom is -0.492 e. The van der Waals surface area contributed by atoms with Crippen molar-refractivity contribution in [3.05, 3.63) is 73.1 Å². The summed E-state index contributed by atoms with van der Waals surface area (Å²) in [5, 5.41) is 12.1. The van der Waals surface area contributed by atoms with Gasteiger partial charge in [0.2, 0.25) is 5.91 Å². The maximum atomic E-state index is 14.8. The van der Waals surface area contributed by atoms with Crippen LogP contribution in [0.25, 0.3) is 55.7 Å². The van der Waals surface area contributed by atoms with Crippen LogP contribution in [0.5, 0.6) is 5.75 Å². The Bertz CT molecular complexity index is 2060. The van der Waals surface area contributed by atoms with Gasteiger partial charge in [0, 0.05) is 58.5 Å². The molecule has 1 aliphatic rings. The molecule has 1 saturated heterocycles. The number of likely N-dealkylation sites (tertiary alicyclic amines) is 1. The fourth-order valence-corrected chi connectivity index (χ4v) is 5.76. The van der Waals surface area contributed by atoms with Crippen molar-refractivity contribution < 1.29 is 13.9 Å². The monoisotopic (exact) mass is 618 g/mol. The number of fused-ring (bicyclic) bond motifs is 2. The van der Waals surface area contributed by atoms with Gasteiger partial charge in [-0.25, -0.2) is 14.4 Å². The van der Waals surface area contributed by atoms with Gasteiger partial charge in [-0.3, -0.25) is 19.8 Å². The van der Waals surface area contributed by atoms with E-state index >= 15 is 0 Å². The van der Waals surface area contributed by atoms with Crippen LogP contribution in [0.3, 0.4) is 0 Å². The first-order valence-corrected chi connectivity index (χ1v) is 15.5. The van der Waals surface area contributed by atoms with Gasteiger partial charge >= 0.3 is 0 Å². The molecule has 0 aliphatic carbocycles. The van der Waals surface area contributed by atoms with Crippen LogP contribution in [0.1, 0.15) is 33.6 Å². The summed E-state index contributed by atoms with van der Waals surface area (Å²) in [4.78, 5) is 31.8. The molecule has 0 unspecified atom stereocenters. The third-order valence-electron chi connectivity index (χ3n) is 8.28. The van der Waals surface area contributed by atoms with Gasteiger partial charge in [-0.2, -0.15) is 5.10 Å². The fraction of sp³-hybridized carbons (Fsp3) is 0.286. The first-order valence-electron chi connectivity index (χ1n) is 15.5. The van der Waals surface area contributed by atoms with Crippen LogP contribution in [-0.4, -0.2) is 67.2 Å². The van der Waals surface area contributed by atoms with Gasteiger partial charge in [-0.15, -0.1) is 0 Å². The Kier molecular flexibility index (Phi) is 7.69. The number of amides is 1. The first-order chi connectivity index (χ1) is 22.2. The second-order valence-corrected chi connectivity index (χ2v) is 12.7. The minimum absolute atomic E-state index is 0.0940. The summed E-state index contributed by atoms with van der Waals surface area (Å²) in [6.45, 7) is 9.11. The summed E-state index contributed by atoms with van der Waals surface area (Å²) in [6.07, 6.45) is 9.24. The van der Waals surface area contributed by atoms with Crippen molar-refractivity contribution in [2.45, 2.75) is 33.6 Å². The molecule has 6 aromatic rings. The van der Waals surface area contributed by atoms with Gasteiger partial charge in [-0.05, 0) is 73.5 Å². The lowest BCUT2D eigenvalue weighted by atomic mass is 9.95. The second kappa shape index (κ2) is 12.0. The van der Waals surface area contributed by atoms with E-state index in [2.05, 4.69) is 40.3 Å². The predicted molar refractivity (Wildman–Crippen MR) is 177 cm³/mol. The molecule has 46 heavy (non-hydrogen) atoms. The molecule has 1 aromatic carbocycles. The van der Waals surface area contributed by atoms with E-state index in [0.717, 1.165) is 58.5 Å². The number of pyridine rings is 3. The number of rotatable bonds is 8. The Morgan fingerprint density at radius 2 is 1.80 bits per heavy atom. The SMILES string of the molecule is CC(C)(C)C(=O)Nc1cncc(-c2cnc3n[nH]c(-c4cc5c(-c6cc(F)cc(OCCN7CCCC7)c6)ccnc5[nH]4)c3c2)c1. The number of aromatic amines is 2. The van der Waals surface area contributed by atoms with Crippen molar-refractivity contribution >= 4 is 33.7 Å². The average molecular weight is 619 g/mol. The van der Waals surface area contributed by atoms with E-state index in [1.165, 1.54) is 25.0 Å². The van der Waals surface area contributed by atoms with Gasteiger partial charge in [0.15, 0.2) is 5.65 Å². The zero-order chi connectivity index (χ0) is 31.8. The van der Waals surface area contributed by atoms with Crippen molar-refractivity contribution in [2.75, 3.05) is 31.6 Å². The molecule has 0 saturated carbocycles. The molecule has 1 aliphatic heterocycles. The van der Waals surface area contributed by atoms with Gasteiger partial charge in [-0.1, -0.05) is 20.8 Å². The number of carbonyl (C=O) groups excluding carboxylic acids is 1. The Labute approximate surface area is 265 Å². The quantitative estimate of drug-likeness (QED) is 0.171. The van der Waals surface area contributed by atoms with Crippen LogP contribution in [0.15, 0.2) is 67.3 Å². The summed E-state index contributed by atoms with van der Waals surface area (Å²) in [6, 6.07) is 12.6. The molecule has 10 nitrogen and oxygen atoms in total. The molecular weight excluding hydrogens is 583 g/mol. The standard InChI is InChI=1S/C35H35FN8O2/c1-35(2,3)34(45)40-25-13-22(18-37-20-25)23-15-29-31(42-43-33(29)39-19-23)30-17-28-27(6-7-38-32(28)41-30)21-12-24(36)16-26(14-21)46-11-10-44-8-4-5-9-44/h6-7,12-20H,4-5,8-11H2,1-3H3,(H,38,41)(H,40,45)(H,39,42,43). The van der Waals surface area contributed by atoms with Crippen LogP contribution < -0.4 is 10.1 Å². The number of hydrogen-bond donors (Lipinski definition) is 3. The maximum absolute atomic E-state index is 14.8. The van der Waals surface area contributed by atoms with Crippen LogP contribution in [0.4, 0.5) is 10.1 Å². The Balaban J connectivity index is 1.19. The van der Waals surface area contributed by atoms with E-state index in [1.807, 2.05) is 51.1 Å². The van der Waals surface area contributed by atoms with Crippen LogP contribution in [0, 0.1) is 11.2 Å². The van der Waals surface area contributed by atoms with Crippen molar-refractivity contribution in [3.63, 3.8) is 0 Å². The molecular formula is C35H35FN8O2. The topological polar surface area (TPSA) is 125 Å². The average Bonchev–Trinajstić information content (AvgIpc) is 3.80. The van der Waals surface area contributed by atoms with Crippen molar-refractivity contribution in [1.29, 1.82) is 0 Å². The number of hydrogen-bond acceptors (Lipinski definition) is 7. The molecule has 3 N–H and O–H groups in total. The van der Waals surface area contributed by atoms with E-state index in [1.54, 1.807) is 24.8 Å². The third kappa shape index (κ3) is 6.05. The second-order valence-electron chi connectivity index (χ2n) is 12.7. The zero-order valence-corrected chi connectivity index (χ0v) is 26.0. The highest BCUT2D eigenvalue weighted by Gasteiger charge is 2.22. The molecule has 11 heteroatoms. The Morgan fingerprint density at radius 3 is 2.63 bits per heavy atom. The minimum atomic E-state index is -0.533. The fourth-order valence-electron chi connectivity index (χ4n) is 5.76. The number of carbonyl (C=O) groups is 1. The van der Waals surface area contributed by atoms with Crippen molar-refractivity contribution in [2.24, 2.45) is 5.41 Å². The molecule has 1 fully saturated rings. The lowest BCUT2D eigenvalue weighted by molar-refractivity contribution is -0.123. The number of aromatic nitrogens is 6. The van der Waals surface area contributed by atoms with Crippen LogP contribution in [0.2, 0.25) is 0 Å². The molecule has 0 spiro atoms. The summed E-state index contributed by atoms with van der Waals surface area (Å²) < 4.78 is 20.8. The lowest BCUT2D eigenvalue weighted by Crippen LogP contribution is -2.27. The number of ether oxygens (including phenoxy) is 1. The molecule has 7 rings (SSSR count). The number of halogens is 1. The van der Waals surface area contributed by atoms with E-state index < -0.39 is 5.41 Å². The molecule has 6 heterocycles. The summed E-state index contributed by atoms with van der Waals surface area (Å²) >= 11 is 0. The van der Waals surface area contributed by atoms with E-state index in [4.69, 9.17) is 4.74 Å². The molecule has 5 aromatic heterocycles. The van der Waals surface area contributed by atoms with E-state index in [9.17, 15) is 9.18 Å². The largest absolute Gasteiger partial charge is 0.492 e. The molecule has 0 atom stereocenters. The summed E-state index contributed by atoms with van der Waals surface area (Å²) in [5.74, 6) is 0.0529. The van der Waals surface area contributed by atoms with Gasteiger partial charge in [0.05, 0.1) is 23.3 Å². The number of anilines is 1. The van der Waals surface area contributed by atoms with Gasteiger partial charge in [0.25, 0.3) is 0 Å². The van der Waals surface area contributed by atoms with E-state index in [0.29, 0.717) is 34.9 Å². The zero-order valence-electron chi connectivity index (χ0n) is 26.0. The van der Waals surface area contributed by atoms with Crippen molar-refractivity contribution in [1.82, 2.24) is 35.0 Å². The van der Waals surface area contributed by atoms with Crippen LogP contribution >= 0.6 is 0 Å². The van der Waals surface area contributed by atoms with Gasteiger partial charge < -0.3 is 15.0 Å². The summed E-state index contributed by atoms with van der Waals surface area (Å²) in [5.41, 5.74) is 5.95. The van der Waals surface area contributed by atoms with Crippen molar-refractivity contribution in [3.8, 4) is 39.4 Å².